The predicted molar refractivity (Wildman–Crippen MR) is 101 cm³/mol. The fraction of sp³-hybridized carbons (Fsp3) is 0.300. The standard InChI is InChI=1S/C20H23N3O2/c1-25-19-14-18(23-12-6-3-7-13-23)11-10-17(19)15-21-22-20(24)16-8-4-2-5-9-16/h2,4-5,8-11,14-15H,3,6-7,12-13H2,1H3,(H,22,24)/b21-15-. The monoisotopic (exact) mass is 337 g/mol. The molecule has 0 spiro atoms. The lowest BCUT2D eigenvalue weighted by Gasteiger charge is -2.29. The largest absolute Gasteiger partial charge is 0.496 e. The molecule has 1 N–H and O–H groups in total. The molecule has 25 heavy (non-hydrogen) atoms. The Kier molecular flexibility index (Phi) is 5.67. The topological polar surface area (TPSA) is 53.9 Å². The predicted octanol–water partition coefficient (Wildman–Crippen LogP) is 3.45. The van der Waals surface area contributed by atoms with Crippen molar-refractivity contribution in [3.63, 3.8) is 0 Å². The Morgan fingerprint density at radius 3 is 2.60 bits per heavy atom. The molecule has 1 amide bonds. The highest BCUT2D eigenvalue weighted by molar-refractivity contribution is 5.95. The van der Waals surface area contributed by atoms with Crippen LogP contribution in [0.2, 0.25) is 0 Å². The summed E-state index contributed by atoms with van der Waals surface area (Å²) in [6, 6.07) is 15.1. The highest BCUT2D eigenvalue weighted by atomic mass is 16.5. The molecule has 0 aromatic heterocycles. The molecule has 5 heteroatoms. The van der Waals surface area contributed by atoms with E-state index in [-0.39, 0.29) is 5.91 Å². The zero-order valence-electron chi connectivity index (χ0n) is 14.4. The van der Waals surface area contributed by atoms with Crippen LogP contribution in [0.1, 0.15) is 35.2 Å². The van der Waals surface area contributed by atoms with Crippen molar-refractivity contribution in [2.24, 2.45) is 5.10 Å². The van der Waals surface area contributed by atoms with E-state index >= 15 is 0 Å². The lowest BCUT2D eigenvalue weighted by molar-refractivity contribution is 0.0955. The lowest BCUT2D eigenvalue weighted by atomic mass is 10.1. The van der Waals surface area contributed by atoms with Crippen LogP contribution >= 0.6 is 0 Å². The van der Waals surface area contributed by atoms with Crippen LogP contribution in [-0.4, -0.2) is 32.3 Å². The smallest absolute Gasteiger partial charge is 0.271 e. The second-order valence-electron chi connectivity index (χ2n) is 6.04. The molecule has 0 atom stereocenters. The summed E-state index contributed by atoms with van der Waals surface area (Å²) in [7, 11) is 1.65. The minimum Gasteiger partial charge on any atom is -0.496 e. The minimum atomic E-state index is -0.235. The third-order valence-electron chi connectivity index (χ3n) is 4.34. The van der Waals surface area contributed by atoms with Gasteiger partial charge in [-0.15, -0.1) is 0 Å². The maximum Gasteiger partial charge on any atom is 0.271 e. The highest BCUT2D eigenvalue weighted by Crippen LogP contribution is 2.26. The third-order valence-corrected chi connectivity index (χ3v) is 4.34. The molecule has 0 unspecified atom stereocenters. The van der Waals surface area contributed by atoms with Crippen LogP contribution in [0.4, 0.5) is 5.69 Å². The molecular weight excluding hydrogens is 314 g/mol. The number of carbonyl (C=O) groups is 1. The Balaban J connectivity index is 1.68. The molecule has 0 radical (unpaired) electrons. The van der Waals surface area contributed by atoms with E-state index in [1.165, 1.54) is 24.9 Å². The number of nitrogens with one attached hydrogen (secondary N) is 1. The Hall–Kier alpha value is -2.82. The van der Waals surface area contributed by atoms with E-state index in [0.29, 0.717) is 5.56 Å². The molecule has 0 bridgehead atoms. The van der Waals surface area contributed by atoms with E-state index in [4.69, 9.17) is 4.74 Å². The summed E-state index contributed by atoms with van der Waals surface area (Å²) in [5, 5.41) is 4.05. The quantitative estimate of drug-likeness (QED) is 0.671. The van der Waals surface area contributed by atoms with Gasteiger partial charge in [-0.25, -0.2) is 5.43 Å². The number of hydrogen-bond acceptors (Lipinski definition) is 4. The number of hydrazone groups is 1. The molecule has 1 heterocycles. The summed E-state index contributed by atoms with van der Waals surface area (Å²) in [6.07, 6.45) is 5.38. The third kappa shape index (κ3) is 4.38. The van der Waals surface area contributed by atoms with E-state index < -0.39 is 0 Å². The molecule has 0 aliphatic carbocycles. The van der Waals surface area contributed by atoms with Crippen LogP contribution in [-0.2, 0) is 0 Å². The van der Waals surface area contributed by atoms with E-state index in [1.54, 1.807) is 25.5 Å². The van der Waals surface area contributed by atoms with Gasteiger partial charge in [0.15, 0.2) is 0 Å². The molecule has 1 aliphatic rings. The van der Waals surface area contributed by atoms with Gasteiger partial charge in [-0.05, 0) is 43.5 Å². The van der Waals surface area contributed by atoms with Gasteiger partial charge in [0.25, 0.3) is 5.91 Å². The van der Waals surface area contributed by atoms with Gasteiger partial charge in [0.2, 0.25) is 0 Å². The summed E-state index contributed by atoms with van der Waals surface area (Å²) in [6.45, 7) is 2.17. The van der Waals surface area contributed by atoms with Crippen molar-refractivity contribution in [3.8, 4) is 5.75 Å². The first-order chi connectivity index (χ1) is 12.3. The highest BCUT2D eigenvalue weighted by Gasteiger charge is 2.12. The second-order valence-corrected chi connectivity index (χ2v) is 6.04. The van der Waals surface area contributed by atoms with Crippen molar-refractivity contribution >= 4 is 17.8 Å². The number of ether oxygens (including phenoxy) is 1. The minimum absolute atomic E-state index is 0.235. The van der Waals surface area contributed by atoms with E-state index in [0.717, 1.165) is 24.4 Å². The van der Waals surface area contributed by atoms with E-state index in [1.807, 2.05) is 30.3 Å². The maximum atomic E-state index is 12.0. The molecule has 1 fully saturated rings. The summed E-state index contributed by atoms with van der Waals surface area (Å²) in [4.78, 5) is 14.4. The van der Waals surface area contributed by atoms with Gasteiger partial charge < -0.3 is 9.64 Å². The molecule has 5 nitrogen and oxygen atoms in total. The molecule has 130 valence electrons. The number of amides is 1. The number of carbonyl (C=O) groups excluding carboxylic acids is 1. The van der Waals surface area contributed by atoms with Crippen molar-refractivity contribution in [3.05, 3.63) is 59.7 Å². The second kappa shape index (κ2) is 8.33. The molecule has 3 rings (SSSR count). The van der Waals surface area contributed by atoms with Gasteiger partial charge in [0, 0.05) is 36.0 Å². The molecule has 2 aromatic carbocycles. The summed E-state index contributed by atoms with van der Waals surface area (Å²) in [5.74, 6) is 0.515. The van der Waals surface area contributed by atoms with Gasteiger partial charge in [-0.1, -0.05) is 18.2 Å². The fourth-order valence-corrected chi connectivity index (χ4v) is 2.97. The molecule has 2 aromatic rings. The van der Waals surface area contributed by atoms with Gasteiger partial charge in [0.05, 0.1) is 13.3 Å². The number of hydrogen-bond donors (Lipinski definition) is 1. The number of benzene rings is 2. The maximum absolute atomic E-state index is 12.0. The Labute approximate surface area is 148 Å². The zero-order valence-corrected chi connectivity index (χ0v) is 14.4. The number of piperidine rings is 1. The van der Waals surface area contributed by atoms with Gasteiger partial charge in [-0.3, -0.25) is 4.79 Å². The normalized spacial score (nSPS) is 14.5. The van der Waals surface area contributed by atoms with Crippen LogP contribution in [0.15, 0.2) is 53.6 Å². The molecule has 1 saturated heterocycles. The first-order valence-electron chi connectivity index (χ1n) is 8.59. The molecule has 0 saturated carbocycles. The number of nitrogens with zero attached hydrogens (tertiary/aromatic N) is 2. The number of rotatable bonds is 5. The number of anilines is 1. The van der Waals surface area contributed by atoms with Crippen LogP contribution in [0.3, 0.4) is 0 Å². The summed E-state index contributed by atoms with van der Waals surface area (Å²) < 4.78 is 5.49. The lowest BCUT2D eigenvalue weighted by Crippen LogP contribution is -2.29. The Morgan fingerprint density at radius 2 is 1.88 bits per heavy atom. The van der Waals surface area contributed by atoms with Crippen molar-refractivity contribution in [2.45, 2.75) is 19.3 Å². The van der Waals surface area contributed by atoms with Crippen molar-refractivity contribution in [2.75, 3.05) is 25.1 Å². The van der Waals surface area contributed by atoms with Crippen molar-refractivity contribution in [1.29, 1.82) is 0 Å². The van der Waals surface area contributed by atoms with Crippen LogP contribution in [0.5, 0.6) is 5.75 Å². The molecular formula is C20H23N3O2. The first-order valence-corrected chi connectivity index (χ1v) is 8.59. The van der Waals surface area contributed by atoms with Gasteiger partial charge in [0.1, 0.15) is 5.75 Å². The average molecular weight is 337 g/mol. The summed E-state index contributed by atoms with van der Waals surface area (Å²) >= 11 is 0. The molecule has 1 aliphatic heterocycles. The summed E-state index contributed by atoms with van der Waals surface area (Å²) in [5.41, 5.74) is 5.12. The number of methoxy groups -OCH3 is 1. The fourth-order valence-electron chi connectivity index (χ4n) is 2.97. The van der Waals surface area contributed by atoms with Crippen molar-refractivity contribution in [1.82, 2.24) is 5.43 Å². The van der Waals surface area contributed by atoms with Gasteiger partial charge >= 0.3 is 0 Å². The van der Waals surface area contributed by atoms with Crippen LogP contribution in [0, 0.1) is 0 Å². The van der Waals surface area contributed by atoms with E-state index in [9.17, 15) is 4.79 Å². The van der Waals surface area contributed by atoms with Gasteiger partial charge in [-0.2, -0.15) is 5.10 Å². The van der Waals surface area contributed by atoms with Crippen molar-refractivity contribution < 1.29 is 9.53 Å². The van der Waals surface area contributed by atoms with Crippen LogP contribution < -0.4 is 15.1 Å². The Bertz CT molecular complexity index is 738. The average Bonchev–Trinajstić information content (AvgIpc) is 2.69. The zero-order chi connectivity index (χ0) is 17.5. The Morgan fingerprint density at radius 1 is 1.12 bits per heavy atom. The van der Waals surface area contributed by atoms with E-state index in [2.05, 4.69) is 21.5 Å². The SMILES string of the molecule is COc1cc(N2CCCCC2)ccc1/C=N\NC(=O)c1ccccc1. The first kappa shape index (κ1) is 17.0. The van der Waals surface area contributed by atoms with Crippen LogP contribution in [0.25, 0.3) is 0 Å².